The molecule has 2 rings (SSSR count). The van der Waals surface area contributed by atoms with Gasteiger partial charge in [0.25, 0.3) is 11.8 Å². The molecule has 2 amide bonds. The second-order valence-electron chi connectivity index (χ2n) is 5.13. The summed E-state index contributed by atoms with van der Waals surface area (Å²) in [6, 6.07) is 11.9. The maximum atomic E-state index is 12.1. The molecule has 2 N–H and O–H groups in total. The molecule has 0 aromatic heterocycles. The van der Waals surface area contributed by atoms with E-state index >= 15 is 0 Å². The fourth-order valence-corrected chi connectivity index (χ4v) is 2.31. The number of hydrazine groups is 1. The summed E-state index contributed by atoms with van der Waals surface area (Å²) in [5.74, 6) is 0.0361. The van der Waals surface area contributed by atoms with Crippen molar-refractivity contribution in [1.82, 2.24) is 10.9 Å². The smallest absolute Gasteiger partial charge is 0.276 e. The first-order chi connectivity index (χ1) is 12.0. The van der Waals surface area contributed by atoms with Gasteiger partial charge in [0.1, 0.15) is 11.5 Å². The number of nitrogens with one attached hydrogen (secondary N) is 2. The van der Waals surface area contributed by atoms with E-state index in [1.54, 1.807) is 42.5 Å². The van der Waals surface area contributed by atoms with Crippen LogP contribution in [0.25, 0.3) is 0 Å². The average Bonchev–Trinajstić information content (AvgIpc) is 2.59. The lowest BCUT2D eigenvalue weighted by molar-refractivity contribution is -0.123. The number of rotatable bonds is 6. The van der Waals surface area contributed by atoms with Gasteiger partial charge in [-0.1, -0.05) is 23.7 Å². The summed E-state index contributed by atoms with van der Waals surface area (Å²) in [4.78, 5) is 24.0. The van der Waals surface area contributed by atoms with Gasteiger partial charge in [0.15, 0.2) is 6.61 Å². The molecular formula is C18H19ClN2O4. The molecule has 132 valence electrons. The average molecular weight is 363 g/mol. The van der Waals surface area contributed by atoms with Crippen molar-refractivity contribution in [1.29, 1.82) is 0 Å². The molecule has 0 aliphatic heterocycles. The lowest BCUT2D eigenvalue weighted by Gasteiger charge is -2.12. The van der Waals surface area contributed by atoms with Gasteiger partial charge in [-0.25, -0.2) is 0 Å². The number of hydrogen-bond acceptors (Lipinski definition) is 4. The van der Waals surface area contributed by atoms with Gasteiger partial charge < -0.3 is 9.47 Å². The van der Waals surface area contributed by atoms with E-state index in [2.05, 4.69) is 10.9 Å². The van der Waals surface area contributed by atoms with Crippen molar-refractivity contribution in [2.45, 2.75) is 13.8 Å². The molecular weight excluding hydrogens is 344 g/mol. The number of ether oxygens (including phenoxy) is 2. The van der Waals surface area contributed by atoms with Crippen LogP contribution in [0.5, 0.6) is 11.5 Å². The lowest BCUT2D eigenvalue weighted by Crippen LogP contribution is -2.44. The van der Waals surface area contributed by atoms with Gasteiger partial charge in [0.05, 0.1) is 12.2 Å². The van der Waals surface area contributed by atoms with Crippen LogP contribution in [0.1, 0.15) is 22.8 Å². The van der Waals surface area contributed by atoms with Gasteiger partial charge in [-0.2, -0.15) is 0 Å². The van der Waals surface area contributed by atoms with Crippen LogP contribution in [0.2, 0.25) is 5.02 Å². The zero-order chi connectivity index (χ0) is 18.2. The first-order valence-corrected chi connectivity index (χ1v) is 8.09. The summed E-state index contributed by atoms with van der Waals surface area (Å²) in [7, 11) is 0. The molecule has 0 saturated heterocycles. The van der Waals surface area contributed by atoms with Crippen LogP contribution in [-0.4, -0.2) is 25.0 Å². The number of aryl methyl sites for hydroxylation is 1. The normalized spacial score (nSPS) is 10.0. The molecule has 0 heterocycles. The highest BCUT2D eigenvalue weighted by atomic mass is 35.5. The summed E-state index contributed by atoms with van der Waals surface area (Å²) in [6.07, 6.45) is 0. The molecule has 25 heavy (non-hydrogen) atoms. The van der Waals surface area contributed by atoms with Crippen molar-refractivity contribution in [3.05, 3.63) is 58.6 Å². The highest BCUT2D eigenvalue weighted by Crippen LogP contribution is 2.21. The van der Waals surface area contributed by atoms with E-state index < -0.39 is 11.8 Å². The number of amides is 2. The third-order valence-corrected chi connectivity index (χ3v) is 3.48. The quantitative estimate of drug-likeness (QED) is 0.775. The minimum atomic E-state index is -0.489. The molecule has 0 bridgehead atoms. The Bertz CT molecular complexity index is 764. The summed E-state index contributed by atoms with van der Waals surface area (Å²) < 4.78 is 10.8. The highest BCUT2D eigenvalue weighted by molar-refractivity contribution is 6.30. The molecule has 0 unspecified atom stereocenters. The van der Waals surface area contributed by atoms with Crippen LogP contribution in [0.4, 0.5) is 0 Å². The Morgan fingerprint density at radius 1 is 1.04 bits per heavy atom. The zero-order valence-electron chi connectivity index (χ0n) is 14.0. The van der Waals surface area contributed by atoms with Crippen molar-refractivity contribution in [2.75, 3.05) is 13.2 Å². The summed E-state index contributed by atoms with van der Waals surface area (Å²) in [6.45, 7) is 3.85. The van der Waals surface area contributed by atoms with Crippen LogP contribution in [0.3, 0.4) is 0 Å². The van der Waals surface area contributed by atoms with E-state index in [0.29, 0.717) is 28.7 Å². The topological polar surface area (TPSA) is 76.7 Å². The molecule has 0 aliphatic rings. The van der Waals surface area contributed by atoms with Gasteiger partial charge >= 0.3 is 0 Å². The van der Waals surface area contributed by atoms with Crippen LogP contribution < -0.4 is 20.3 Å². The van der Waals surface area contributed by atoms with Crippen molar-refractivity contribution in [3.8, 4) is 11.5 Å². The SMILES string of the molecule is CCOc1ccccc1C(=O)NNC(=O)COc1ccc(Cl)cc1C. The Morgan fingerprint density at radius 3 is 2.52 bits per heavy atom. The number of benzene rings is 2. The maximum Gasteiger partial charge on any atom is 0.276 e. The number of carbonyl (C=O) groups is 2. The Labute approximate surface area is 151 Å². The zero-order valence-corrected chi connectivity index (χ0v) is 14.7. The lowest BCUT2D eigenvalue weighted by atomic mass is 10.2. The van der Waals surface area contributed by atoms with Gasteiger partial charge in [0, 0.05) is 5.02 Å². The monoisotopic (exact) mass is 362 g/mol. The summed E-state index contributed by atoms with van der Waals surface area (Å²) in [5, 5.41) is 0.592. The molecule has 0 saturated carbocycles. The van der Waals surface area contributed by atoms with E-state index in [0.717, 1.165) is 5.56 Å². The largest absolute Gasteiger partial charge is 0.493 e. The fourth-order valence-electron chi connectivity index (χ4n) is 2.08. The molecule has 0 radical (unpaired) electrons. The van der Waals surface area contributed by atoms with Crippen molar-refractivity contribution < 1.29 is 19.1 Å². The minimum absolute atomic E-state index is 0.240. The third kappa shape index (κ3) is 5.39. The molecule has 7 heteroatoms. The van der Waals surface area contributed by atoms with Crippen LogP contribution in [0.15, 0.2) is 42.5 Å². The molecule has 2 aromatic carbocycles. The van der Waals surface area contributed by atoms with Gasteiger partial charge in [-0.3, -0.25) is 20.4 Å². The van der Waals surface area contributed by atoms with Crippen molar-refractivity contribution >= 4 is 23.4 Å². The molecule has 0 atom stereocenters. The third-order valence-electron chi connectivity index (χ3n) is 3.24. The van der Waals surface area contributed by atoms with Crippen LogP contribution >= 0.6 is 11.6 Å². The summed E-state index contributed by atoms with van der Waals surface area (Å²) >= 11 is 5.87. The minimum Gasteiger partial charge on any atom is -0.493 e. The Kier molecular flexibility index (Phi) is 6.65. The van der Waals surface area contributed by atoms with Gasteiger partial charge in [-0.05, 0) is 49.7 Å². The predicted molar refractivity (Wildman–Crippen MR) is 94.9 cm³/mol. The molecule has 0 aliphatic carbocycles. The summed E-state index contributed by atoms with van der Waals surface area (Å²) in [5.41, 5.74) is 5.79. The predicted octanol–water partition coefficient (Wildman–Crippen LogP) is 2.89. The Balaban J connectivity index is 1.86. The van der Waals surface area contributed by atoms with Crippen LogP contribution in [0, 0.1) is 6.92 Å². The van der Waals surface area contributed by atoms with Crippen LogP contribution in [-0.2, 0) is 4.79 Å². The number of carbonyl (C=O) groups excluding carboxylic acids is 2. The molecule has 6 nitrogen and oxygen atoms in total. The first-order valence-electron chi connectivity index (χ1n) is 7.71. The fraction of sp³-hybridized carbons (Fsp3) is 0.222. The first kappa shape index (κ1) is 18.6. The van der Waals surface area contributed by atoms with Crippen molar-refractivity contribution in [2.24, 2.45) is 0 Å². The van der Waals surface area contributed by atoms with E-state index in [-0.39, 0.29) is 6.61 Å². The molecule has 0 fully saturated rings. The number of para-hydroxylation sites is 1. The van der Waals surface area contributed by atoms with E-state index in [1.165, 1.54) is 0 Å². The molecule has 2 aromatic rings. The van der Waals surface area contributed by atoms with E-state index in [9.17, 15) is 9.59 Å². The number of halogens is 1. The maximum absolute atomic E-state index is 12.1. The number of hydrogen-bond donors (Lipinski definition) is 2. The van der Waals surface area contributed by atoms with E-state index in [1.807, 2.05) is 13.8 Å². The van der Waals surface area contributed by atoms with Crippen molar-refractivity contribution in [3.63, 3.8) is 0 Å². The second kappa shape index (κ2) is 8.94. The van der Waals surface area contributed by atoms with Gasteiger partial charge in [0.2, 0.25) is 0 Å². The Morgan fingerprint density at radius 2 is 1.80 bits per heavy atom. The highest BCUT2D eigenvalue weighted by Gasteiger charge is 2.13. The Hall–Kier alpha value is -2.73. The second-order valence-corrected chi connectivity index (χ2v) is 5.57. The van der Waals surface area contributed by atoms with Gasteiger partial charge in [-0.15, -0.1) is 0 Å². The van der Waals surface area contributed by atoms with E-state index in [4.69, 9.17) is 21.1 Å². The molecule has 0 spiro atoms. The standard InChI is InChI=1S/C18H19ClN2O4/c1-3-24-16-7-5-4-6-14(16)18(23)21-20-17(22)11-25-15-9-8-13(19)10-12(15)2/h4-10H,3,11H2,1-2H3,(H,20,22)(H,21,23).